The molecule has 10 heteroatoms. The summed E-state index contributed by atoms with van der Waals surface area (Å²) < 4.78 is 45.8. The smallest absolute Gasteiger partial charge is 0.265 e. The van der Waals surface area contributed by atoms with Gasteiger partial charge in [-0.3, -0.25) is 9.52 Å². The van der Waals surface area contributed by atoms with Crippen LogP contribution in [0.2, 0.25) is 10.0 Å². The summed E-state index contributed by atoms with van der Waals surface area (Å²) in [6, 6.07) is 15.1. The molecule has 0 spiro atoms. The number of hydrogen-bond acceptors (Lipinski definition) is 4. The van der Waals surface area contributed by atoms with Crippen LogP contribution in [-0.2, 0) is 14.8 Å². The zero-order valence-electron chi connectivity index (χ0n) is 16.1. The van der Waals surface area contributed by atoms with Gasteiger partial charge in [-0.25, -0.2) is 12.8 Å². The molecule has 0 aliphatic carbocycles. The Morgan fingerprint density at radius 1 is 0.968 bits per heavy atom. The van der Waals surface area contributed by atoms with E-state index in [0.29, 0.717) is 16.5 Å². The molecule has 0 bridgehead atoms. The van der Waals surface area contributed by atoms with Gasteiger partial charge in [0.15, 0.2) is 6.10 Å². The quantitative estimate of drug-likeness (QED) is 0.475. The van der Waals surface area contributed by atoms with Crippen molar-refractivity contribution >= 4 is 50.5 Å². The molecular formula is C21H17Cl2FN2O4S. The van der Waals surface area contributed by atoms with Crippen molar-refractivity contribution in [3.63, 3.8) is 0 Å². The number of carbonyl (C=O) groups is 1. The zero-order valence-corrected chi connectivity index (χ0v) is 18.4. The highest BCUT2D eigenvalue weighted by Gasteiger charge is 2.18. The van der Waals surface area contributed by atoms with Gasteiger partial charge in [-0.15, -0.1) is 0 Å². The molecule has 0 radical (unpaired) electrons. The molecular weight excluding hydrogens is 466 g/mol. The number of sulfonamides is 1. The summed E-state index contributed by atoms with van der Waals surface area (Å²) in [5.41, 5.74) is 0.606. The van der Waals surface area contributed by atoms with Gasteiger partial charge in [-0.1, -0.05) is 23.2 Å². The van der Waals surface area contributed by atoms with E-state index in [9.17, 15) is 17.6 Å². The summed E-state index contributed by atoms with van der Waals surface area (Å²) in [4.78, 5) is 12.4. The highest BCUT2D eigenvalue weighted by Crippen LogP contribution is 2.28. The molecule has 3 aromatic carbocycles. The number of nitrogens with one attached hydrogen (secondary N) is 2. The second-order valence-corrected chi connectivity index (χ2v) is 8.99. The van der Waals surface area contributed by atoms with E-state index in [-0.39, 0.29) is 15.6 Å². The van der Waals surface area contributed by atoms with E-state index in [1.807, 2.05) is 0 Å². The Labute approximate surface area is 189 Å². The SMILES string of the molecule is C[C@H](Oc1ccc(Cl)cc1Cl)C(=O)Nc1ccc(S(=O)(=O)Nc2ccc(F)cc2)cc1. The Kier molecular flexibility index (Phi) is 7.04. The number of ether oxygens (including phenoxy) is 1. The van der Waals surface area contributed by atoms with Crippen LogP contribution in [0.5, 0.6) is 5.75 Å². The third kappa shape index (κ3) is 6.10. The van der Waals surface area contributed by atoms with E-state index in [0.717, 1.165) is 12.1 Å². The number of benzene rings is 3. The lowest BCUT2D eigenvalue weighted by atomic mass is 10.3. The first-order valence-electron chi connectivity index (χ1n) is 8.95. The number of rotatable bonds is 7. The molecule has 162 valence electrons. The van der Waals surface area contributed by atoms with Gasteiger partial charge in [0.2, 0.25) is 0 Å². The van der Waals surface area contributed by atoms with E-state index < -0.39 is 27.9 Å². The van der Waals surface area contributed by atoms with E-state index in [1.54, 1.807) is 19.1 Å². The highest BCUT2D eigenvalue weighted by atomic mass is 35.5. The molecule has 0 aromatic heterocycles. The maximum absolute atomic E-state index is 13.0. The van der Waals surface area contributed by atoms with Gasteiger partial charge in [0.1, 0.15) is 11.6 Å². The Balaban J connectivity index is 1.63. The molecule has 0 aliphatic rings. The fourth-order valence-electron chi connectivity index (χ4n) is 2.51. The lowest BCUT2D eigenvalue weighted by Gasteiger charge is -2.16. The number of amides is 1. The van der Waals surface area contributed by atoms with Crippen LogP contribution in [0.1, 0.15) is 6.92 Å². The second kappa shape index (κ2) is 9.55. The number of carbonyl (C=O) groups excluding carboxylic acids is 1. The lowest BCUT2D eigenvalue weighted by Crippen LogP contribution is -2.30. The summed E-state index contributed by atoms with van der Waals surface area (Å²) >= 11 is 11.9. The van der Waals surface area contributed by atoms with Crippen molar-refractivity contribution in [3.05, 3.63) is 82.6 Å². The minimum Gasteiger partial charge on any atom is -0.479 e. The second-order valence-electron chi connectivity index (χ2n) is 6.46. The summed E-state index contributed by atoms with van der Waals surface area (Å²) in [5, 5.41) is 3.35. The fraction of sp³-hybridized carbons (Fsp3) is 0.0952. The molecule has 0 fully saturated rings. The maximum Gasteiger partial charge on any atom is 0.265 e. The van der Waals surface area contributed by atoms with Crippen molar-refractivity contribution in [1.29, 1.82) is 0 Å². The van der Waals surface area contributed by atoms with Crippen LogP contribution in [0.15, 0.2) is 71.6 Å². The molecule has 6 nitrogen and oxygen atoms in total. The predicted molar refractivity (Wildman–Crippen MR) is 119 cm³/mol. The highest BCUT2D eigenvalue weighted by molar-refractivity contribution is 7.92. The molecule has 1 amide bonds. The fourth-order valence-corrected chi connectivity index (χ4v) is 4.02. The normalized spacial score (nSPS) is 12.1. The van der Waals surface area contributed by atoms with Gasteiger partial charge >= 0.3 is 0 Å². The van der Waals surface area contributed by atoms with Gasteiger partial charge in [0.25, 0.3) is 15.9 Å². The monoisotopic (exact) mass is 482 g/mol. The van der Waals surface area contributed by atoms with Crippen molar-refractivity contribution in [2.24, 2.45) is 0 Å². The van der Waals surface area contributed by atoms with Crippen molar-refractivity contribution in [3.8, 4) is 5.75 Å². The average molecular weight is 483 g/mol. The number of halogens is 3. The molecule has 0 aliphatic heterocycles. The van der Waals surface area contributed by atoms with Crippen molar-refractivity contribution in [1.82, 2.24) is 0 Å². The Hall–Kier alpha value is -2.81. The molecule has 0 saturated heterocycles. The predicted octanol–water partition coefficient (Wildman–Crippen LogP) is 5.34. The molecule has 0 saturated carbocycles. The van der Waals surface area contributed by atoms with E-state index in [1.165, 1.54) is 42.5 Å². The number of hydrogen-bond donors (Lipinski definition) is 2. The molecule has 2 N–H and O–H groups in total. The van der Waals surface area contributed by atoms with Crippen LogP contribution < -0.4 is 14.8 Å². The standard InChI is InChI=1S/C21H17Cl2FN2O4S/c1-13(30-20-11-2-14(22)12-19(20)23)21(27)25-16-7-9-18(10-8-16)31(28,29)26-17-5-3-15(24)4-6-17/h2-13,26H,1H3,(H,25,27)/t13-/m0/s1. The zero-order chi connectivity index (χ0) is 22.6. The average Bonchev–Trinajstić information content (AvgIpc) is 2.72. The Morgan fingerprint density at radius 2 is 1.58 bits per heavy atom. The third-order valence-electron chi connectivity index (χ3n) is 4.10. The van der Waals surface area contributed by atoms with Crippen molar-refractivity contribution < 1.29 is 22.3 Å². The van der Waals surface area contributed by atoms with E-state index >= 15 is 0 Å². The molecule has 0 heterocycles. The molecule has 3 aromatic rings. The van der Waals surface area contributed by atoms with E-state index in [2.05, 4.69) is 10.0 Å². The first-order chi connectivity index (χ1) is 14.6. The van der Waals surface area contributed by atoms with Crippen LogP contribution in [0.4, 0.5) is 15.8 Å². The van der Waals surface area contributed by atoms with Gasteiger partial charge < -0.3 is 10.1 Å². The minimum absolute atomic E-state index is 0.0212. The van der Waals surface area contributed by atoms with Gasteiger partial charge in [-0.2, -0.15) is 0 Å². The van der Waals surface area contributed by atoms with Crippen LogP contribution in [0.3, 0.4) is 0 Å². The van der Waals surface area contributed by atoms with Crippen LogP contribution in [-0.4, -0.2) is 20.4 Å². The molecule has 31 heavy (non-hydrogen) atoms. The molecule has 0 unspecified atom stereocenters. The summed E-state index contributed by atoms with van der Waals surface area (Å²) in [6.45, 7) is 1.55. The van der Waals surface area contributed by atoms with Crippen LogP contribution in [0.25, 0.3) is 0 Å². The van der Waals surface area contributed by atoms with Crippen molar-refractivity contribution in [2.75, 3.05) is 10.0 Å². The summed E-state index contributed by atoms with van der Waals surface area (Å²) in [5.74, 6) is -0.618. The number of anilines is 2. The van der Waals surface area contributed by atoms with E-state index in [4.69, 9.17) is 27.9 Å². The maximum atomic E-state index is 13.0. The van der Waals surface area contributed by atoms with Crippen LogP contribution in [0, 0.1) is 5.82 Å². The van der Waals surface area contributed by atoms with Crippen LogP contribution >= 0.6 is 23.2 Å². The largest absolute Gasteiger partial charge is 0.479 e. The van der Waals surface area contributed by atoms with Crippen molar-refractivity contribution in [2.45, 2.75) is 17.9 Å². The Morgan fingerprint density at radius 3 is 2.19 bits per heavy atom. The molecule has 3 rings (SSSR count). The Bertz CT molecular complexity index is 1190. The molecule has 1 atom stereocenters. The minimum atomic E-state index is -3.87. The first-order valence-corrected chi connectivity index (χ1v) is 11.2. The topological polar surface area (TPSA) is 84.5 Å². The summed E-state index contributed by atoms with van der Waals surface area (Å²) in [7, 11) is -3.87. The van der Waals surface area contributed by atoms with Gasteiger partial charge in [0, 0.05) is 16.4 Å². The van der Waals surface area contributed by atoms with Gasteiger partial charge in [0.05, 0.1) is 9.92 Å². The first kappa shape index (κ1) is 22.9. The lowest BCUT2D eigenvalue weighted by molar-refractivity contribution is -0.122. The third-order valence-corrected chi connectivity index (χ3v) is 6.02. The van der Waals surface area contributed by atoms with Gasteiger partial charge in [-0.05, 0) is 73.7 Å². The summed E-state index contributed by atoms with van der Waals surface area (Å²) in [6.07, 6.45) is -0.873.